The number of carbonyl (C=O) groups excluding carboxylic acids is 2. The molecule has 1 atom stereocenters. The van der Waals surface area contributed by atoms with Crippen LogP contribution in [0.3, 0.4) is 0 Å². The maximum Gasteiger partial charge on any atom is 0.406 e. The molecular formula is C32H34F3N3O3. The summed E-state index contributed by atoms with van der Waals surface area (Å²) >= 11 is 0. The molecule has 1 unspecified atom stereocenters. The van der Waals surface area contributed by atoms with Crippen LogP contribution in [-0.4, -0.2) is 67.1 Å². The van der Waals surface area contributed by atoms with Crippen LogP contribution in [0.2, 0.25) is 0 Å². The fraction of sp³-hybridized carbons (Fsp3) is 0.375. The Bertz CT molecular complexity index is 1240. The number of nitrogens with zero attached hydrogens (tertiary/aromatic N) is 2. The number of nitrogens with one attached hydrogen (secondary N) is 1. The molecule has 0 saturated carbocycles. The molecule has 3 aromatic rings. The summed E-state index contributed by atoms with van der Waals surface area (Å²) in [6.45, 7) is 3.81. The number of esters is 1. The molecule has 0 radical (unpaired) electrons. The molecule has 216 valence electrons. The lowest BCUT2D eigenvalue weighted by atomic mass is 9.68. The van der Waals surface area contributed by atoms with E-state index in [1.807, 2.05) is 4.90 Å². The lowest BCUT2D eigenvalue weighted by Crippen LogP contribution is -2.44. The number of benzene rings is 3. The van der Waals surface area contributed by atoms with Crippen molar-refractivity contribution in [3.05, 3.63) is 95.6 Å². The molecule has 3 aromatic carbocycles. The summed E-state index contributed by atoms with van der Waals surface area (Å²) in [6.07, 6.45) is -0.533. The molecule has 41 heavy (non-hydrogen) atoms. The molecule has 2 saturated heterocycles. The first kappa shape index (κ1) is 28.8. The molecule has 2 fully saturated rings. The summed E-state index contributed by atoms with van der Waals surface area (Å²) in [6, 6.07) is 19.2. The fourth-order valence-electron chi connectivity index (χ4n) is 5.89. The summed E-state index contributed by atoms with van der Waals surface area (Å²) in [4.78, 5) is 28.9. The van der Waals surface area contributed by atoms with Gasteiger partial charge in [0.25, 0.3) is 0 Å². The van der Waals surface area contributed by atoms with E-state index in [9.17, 15) is 9.59 Å². The van der Waals surface area contributed by atoms with Gasteiger partial charge in [-0.3, -0.25) is 19.4 Å². The van der Waals surface area contributed by atoms with Crippen molar-refractivity contribution in [2.45, 2.75) is 37.3 Å². The van der Waals surface area contributed by atoms with E-state index >= 15 is 13.2 Å². The Morgan fingerprint density at radius 2 is 1.17 bits per heavy atom. The lowest BCUT2D eigenvalue weighted by Gasteiger charge is -2.37. The Hall–Kier alpha value is -3.69. The normalized spacial score (nSPS) is 17.7. The largest absolute Gasteiger partial charge is 0.426 e. The second-order valence-corrected chi connectivity index (χ2v) is 10.7. The van der Waals surface area contributed by atoms with Crippen LogP contribution in [0.5, 0.6) is 5.75 Å². The van der Waals surface area contributed by atoms with Crippen molar-refractivity contribution in [2.75, 3.05) is 44.6 Å². The Balaban J connectivity index is 1.43. The zero-order chi connectivity index (χ0) is 28.9. The van der Waals surface area contributed by atoms with Gasteiger partial charge in [-0.2, -0.15) is 13.2 Å². The van der Waals surface area contributed by atoms with Gasteiger partial charge in [-0.15, -0.1) is 0 Å². The minimum atomic E-state index is -4.72. The minimum Gasteiger partial charge on any atom is -0.426 e. The quantitative estimate of drug-likeness (QED) is 0.207. The number of anilines is 1. The van der Waals surface area contributed by atoms with E-state index in [4.69, 9.17) is 4.74 Å². The van der Waals surface area contributed by atoms with E-state index in [1.165, 1.54) is 60.7 Å². The standard InChI is InChI=1S/C32H34F3N3O3/c33-32(34,35)31(24-8-2-1-3-9-24,25-10-14-27(15-11-25)36-29(39)22-37-18-4-5-19-37)26-12-16-28(17-13-26)41-30(40)23-38-20-6-7-21-38/h1-3,8-17H,4-7,18-23H2,(H,36,39). The average Bonchev–Trinajstić information content (AvgIpc) is 3.65. The van der Waals surface area contributed by atoms with Gasteiger partial charge < -0.3 is 10.1 Å². The zero-order valence-electron chi connectivity index (χ0n) is 22.8. The highest BCUT2D eigenvalue weighted by Gasteiger charge is 2.58. The number of amides is 1. The zero-order valence-corrected chi connectivity index (χ0v) is 22.8. The second kappa shape index (κ2) is 12.4. The van der Waals surface area contributed by atoms with Gasteiger partial charge in [0.2, 0.25) is 5.91 Å². The minimum absolute atomic E-state index is 0.00696. The van der Waals surface area contributed by atoms with Crippen LogP contribution in [0.4, 0.5) is 18.9 Å². The van der Waals surface area contributed by atoms with Crippen LogP contribution in [0.15, 0.2) is 78.9 Å². The first-order valence-corrected chi connectivity index (χ1v) is 14.0. The third kappa shape index (κ3) is 6.47. The molecule has 1 amide bonds. The molecule has 2 aliphatic heterocycles. The molecule has 1 N–H and O–H groups in total. The monoisotopic (exact) mass is 565 g/mol. The highest BCUT2D eigenvalue weighted by atomic mass is 19.4. The first-order chi connectivity index (χ1) is 19.8. The van der Waals surface area contributed by atoms with Gasteiger partial charge >= 0.3 is 12.1 Å². The molecule has 6 nitrogen and oxygen atoms in total. The van der Waals surface area contributed by atoms with Crippen molar-refractivity contribution >= 4 is 17.6 Å². The highest BCUT2D eigenvalue weighted by molar-refractivity contribution is 5.92. The Morgan fingerprint density at radius 3 is 1.71 bits per heavy atom. The van der Waals surface area contributed by atoms with Crippen LogP contribution in [0.25, 0.3) is 0 Å². The number of hydrogen-bond acceptors (Lipinski definition) is 5. The van der Waals surface area contributed by atoms with Gasteiger partial charge in [0.1, 0.15) is 11.2 Å². The predicted molar refractivity (Wildman–Crippen MR) is 151 cm³/mol. The first-order valence-electron chi connectivity index (χ1n) is 14.0. The number of rotatable bonds is 9. The molecular weight excluding hydrogens is 531 g/mol. The smallest absolute Gasteiger partial charge is 0.406 e. The molecule has 0 bridgehead atoms. The summed E-state index contributed by atoms with van der Waals surface area (Å²) in [5, 5.41) is 2.80. The SMILES string of the molecule is O=C(CN1CCCC1)Nc1ccc(C(c2ccccc2)(c2ccc(OC(=O)CN3CCCC3)cc2)C(F)(F)F)cc1. The predicted octanol–water partition coefficient (Wildman–Crippen LogP) is 5.62. The summed E-state index contributed by atoms with van der Waals surface area (Å²) in [5.41, 5.74) is -2.02. The van der Waals surface area contributed by atoms with Crippen molar-refractivity contribution in [3.63, 3.8) is 0 Å². The summed E-state index contributed by atoms with van der Waals surface area (Å²) in [5.74, 6) is -0.440. The van der Waals surface area contributed by atoms with Crippen molar-refractivity contribution < 1.29 is 27.5 Å². The number of hydrogen-bond donors (Lipinski definition) is 1. The molecule has 5 rings (SSSR count). The maximum absolute atomic E-state index is 15.3. The van der Waals surface area contributed by atoms with E-state index in [0.29, 0.717) is 5.69 Å². The van der Waals surface area contributed by atoms with E-state index < -0.39 is 17.6 Å². The highest BCUT2D eigenvalue weighted by Crippen LogP contribution is 2.51. The van der Waals surface area contributed by atoms with Crippen LogP contribution in [-0.2, 0) is 15.0 Å². The third-order valence-electron chi connectivity index (χ3n) is 7.87. The van der Waals surface area contributed by atoms with Gasteiger partial charge in [-0.25, -0.2) is 0 Å². The molecule has 2 heterocycles. The molecule has 0 aromatic heterocycles. The van der Waals surface area contributed by atoms with E-state index in [1.54, 1.807) is 18.2 Å². The number of alkyl halides is 3. The number of likely N-dealkylation sites (tertiary alicyclic amines) is 2. The van der Waals surface area contributed by atoms with Crippen LogP contribution < -0.4 is 10.1 Å². The number of ether oxygens (including phenoxy) is 1. The molecule has 9 heteroatoms. The van der Waals surface area contributed by atoms with Gasteiger partial charge in [0.15, 0.2) is 0 Å². The Labute approximate surface area is 238 Å². The fourth-order valence-corrected chi connectivity index (χ4v) is 5.89. The third-order valence-corrected chi connectivity index (χ3v) is 7.87. The van der Waals surface area contributed by atoms with Crippen LogP contribution in [0.1, 0.15) is 42.4 Å². The Kier molecular flexibility index (Phi) is 8.75. The van der Waals surface area contributed by atoms with Crippen molar-refractivity contribution in [3.8, 4) is 5.75 Å². The van der Waals surface area contributed by atoms with Crippen LogP contribution in [0, 0.1) is 0 Å². The Morgan fingerprint density at radius 1 is 0.683 bits per heavy atom. The van der Waals surface area contributed by atoms with Gasteiger partial charge in [-0.1, -0.05) is 54.6 Å². The molecule has 2 aliphatic rings. The van der Waals surface area contributed by atoms with Crippen LogP contribution >= 0.6 is 0 Å². The van der Waals surface area contributed by atoms with E-state index in [2.05, 4.69) is 10.2 Å². The van der Waals surface area contributed by atoms with Gasteiger partial charge in [-0.05, 0) is 92.8 Å². The van der Waals surface area contributed by atoms with Gasteiger partial charge in [0.05, 0.1) is 13.1 Å². The lowest BCUT2D eigenvalue weighted by molar-refractivity contribution is -0.166. The van der Waals surface area contributed by atoms with Crippen molar-refractivity contribution in [1.82, 2.24) is 9.80 Å². The van der Waals surface area contributed by atoms with E-state index in [-0.39, 0.29) is 41.4 Å². The van der Waals surface area contributed by atoms with Crippen molar-refractivity contribution in [1.29, 1.82) is 0 Å². The number of halogens is 3. The van der Waals surface area contributed by atoms with E-state index in [0.717, 1.165) is 51.9 Å². The molecule has 0 aliphatic carbocycles. The molecule has 0 spiro atoms. The summed E-state index contributed by atoms with van der Waals surface area (Å²) < 4.78 is 51.5. The topological polar surface area (TPSA) is 61.9 Å². The second-order valence-electron chi connectivity index (χ2n) is 10.7. The average molecular weight is 566 g/mol. The maximum atomic E-state index is 15.3. The van der Waals surface area contributed by atoms with Crippen molar-refractivity contribution in [2.24, 2.45) is 0 Å². The van der Waals surface area contributed by atoms with Gasteiger partial charge in [0, 0.05) is 5.69 Å². The summed E-state index contributed by atoms with van der Waals surface area (Å²) in [7, 11) is 0. The number of carbonyl (C=O) groups is 2.